The molecule has 0 spiro atoms. The van der Waals surface area contributed by atoms with Gasteiger partial charge in [-0.25, -0.2) is 4.39 Å². The fraction of sp³-hybridized carbons (Fsp3) is 0.433. The van der Waals surface area contributed by atoms with Gasteiger partial charge in [-0.1, -0.05) is 54.6 Å². The monoisotopic (exact) mass is 1330 g/mol. The summed E-state index contributed by atoms with van der Waals surface area (Å²) >= 11 is 4.34. The maximum atomic E-state index is 15.3. The summed E-state index contributed by atoms with van der Waals surface area (Å²) < 4.78 is 15.7. The number of aromatic amines is 1. The van der Waals surface area contributed by atoms with Crippen LogP contribution in [0, 0.1) is 5.82 Å². The Labute approximate surface area is 550 Å². The van der Waals surface area contributed by atoms with Crippen molar-refractivity contribution in [2.45, 2.75) is 150 Å². The van der Waals surface area contributed by atoms with E-state index in [1.165, 1.54) is 75.8 Å². The van der Waals surface area contributed by atoms with E-state index in [0.29, 0.717) is 71.5 Å². The second kappa shape index (κ2) is 33.0. The zero-order valence-corrected chi connectivity index (χ0v) is 54.2. The molecular formula is C67H80FN11O11S3. The molecule has 26 heteroatoms. The predicted molar refractivity (Wildman–Crippen MR) is 356 cm³/mol. The average Bonchev–Trinajstić information content (AvgIpc) is 1.83. The number of thiophene rings is 1. The quantitative estimate of drug-likeness (QED) is 0.0787. The summed E-state index contributed by atoms with van der Waals surface area (Å²) in [5.41, 5.74) is 15.9. The number of rotatable bonds is 11. The van der Waals surface area contributed by atoms with Gasteiger partial charge in [0.1, 0.15) is 53.9 Å². The van der Waals surface area contributed by atoms with Gasteiger partial charge >= 0.3 is 0 Å². The summed E-state index contributed by atoms with van der Waals surface area (Å²) in [5.74, 6) is -5.27. The van der Waals surface area contributed by atoms with Gasteiger partial charge in [0.15, 0.2) is 5.78 Å². The molecule has 0 radical (unpaired) electrons. The van der Waals surface area contributed by atoms with E-state index in [-0.39, 0.29) is 88.3 Å². The van der Waals surface area contributed by atoms with Crippen molar-refractivity contribution in [3.63, 3.8) is 0 Å². The number of nitrogens with zero attached hydrogens (tertiary/aromatic N) is 2. The summed E-state index contributed by atoms with van der Waals surface area (Å²) in [4.78, 5) is 148. The number of halogens is 1. The van der Waals surface area contributed by atoms with Crippen LogP contribution in [-0.2, 0) is 78.7 Å². The molecular weight excluding hydrogens is 1250 g/mol. The number of carbonyl (C=O) groups is 10. The number of amides is 9. The first-order valence-corrected chi connectivity index (χ1v) is 34.7. The van der Waals surface area contributed by atoms with Crippen LogP contribution in [0.25, 0.3) is 21.0 Å². The Bertz CT molecular complexity index is 3700. The number of H-pyrrole nitrogens is 1. The molecule has 4 aromatic carbocycles. The normalized spacial score (nSPS) is 23.7. The van der Waals surface area contributed by atoms with Crippen LogP contribution in [0.1, 0.15) is 98.9 Å². The molecule has 3 aliphatic rings. The highest BCUT2D eigenvalue weighted by Crippen LogP contribution is 2.30. The lowest BCUT2D eigenvalue weighted by atomic mass is 10.00. The maximum Gasteiger partial charge on any atom is 0.246 e. The van der Waals surface area contributed by atoms with Crippen molar-refractivity contribution in [3.05, 3.63) is 136 Å². The number of unbranched alkanes of at least 4 members (excludes halogenated alkanes) is 1. The van der Waals surface area contributed by atoms with E-state index in [1.54, 1.807) is 24.4 Å². The van der Waals surface area contributed by atoms with E-state index in [4.69, 9.17) is 11.5 Å². The lowest BCUT2D eigenvalue weighted by Crippen LogP contribution is -2.60. The Morgan fingerprint density at radius 3 is 1.99 bits per heavy atom. The Morgan fingerprint density at radius 2 is 1.28 bits per heavy atom. The minimum absolute atomic E-state index is 0.0302. The number of hydrogen-bond donors (Lipinski definition) is 10. The number of aromatic hydroxyl groups is 1. The van der Waals surface area contributed by atoms with Gasteiger partial charge in [0.05, 0.1) is 6.04 Å². The van der Waals surface area contributed by atoms with Crippen LogP contribution in [0.2, 0.25) is 0 Å². The van der Waals surface area contributed by atoms with Crippen molar-refractivity contribution in [3.8, 4) is 5.75 Å². The van der Waals surface area contributed by atoms with Crippen molar-refractivity contribution in [2.75, 3.05) is 31.1 Å². The number of nitrogens with one attached hydrogen (secondary N) is 7. The van der Waals surface area contributed by atoms with E-state index in [9.17, 15) is 47.9 Å². The molecule has 0 unspecified atom stereocenters. The molecule has 12 N–H and O–H groups in total. The van der Waals surface area contributed by atoms with Crippen molar-refractivity contribution in [1.82, 2.24) is 46.7 Å². The van der Waals surface area contributed by atoms with Gasteiger partial charge in [0.2, 0.25) is 53.2 Å². The molecule has 93 heavy (non-hydrogen) atoms. The smallest absolute Gasteiger partial charge is 0.246 e. The fourth-order valence-corrected chi connectivity index (χ4v) is 14.9. The second-order valence-corrected chi connectivity index (χ2v) is 26.9. The van der Waals surface area contributed by atoms with Gasteiger partial charge in [0, 0.05) is 96.4 Å². The number of fused-ring (bicyclic) bond motifs is 6. The largest absolute Gasteiger partial charge is 0.508 e. The van der Waals surface area contributed by atoms with Crippen LogP contribution in [0.5, 0.6) is 5.75 Å². The first-order chi connectivity index (χ1) is 44.8. The molecule has 2 fully saturated rings. The van der Waals surface area contributed by atoms with Gasteiger partial charge < -0.3 is 63.3 Å². The highest BCUT2D eigenvalue weighted by Gasteiger charge is 2.42. The molecule has 2 saturated heterocycles. The molecule has 2 aromatic heterocycles. The molecule has 3 aliphatic heterocycles. The number of thioether (sulfide) groups is 2. The summed E-state index contributed by atoms with van der Waals surface area (Å²) in [7, 11) is 0. The van der Waals surface area contributed by atoms with Crippen LogP contribution in [0.3, 0.4) is 0 Å². The van der Waals surface area contributed by atoms with Gasteiger partial charge in [-0.15, -0.1) is 11.3 Å². The molecule has 0 aliphatic carbocycles. The van der Waals surface area contributed by atoms with Gasteiger partial charge in [-0.05, 0) is 133 Å². The Kier molecular flexibility index (Phi) is 24.5. The molecule has 9 rings (SSSR count). The minimum atomic E-state index is -1.39. The van der Waals surface area contributed by atoms with E-state index in [2.05, 4.69) is 36.9 Å². The number of phenolic OH excluding ortho intramolecular Hbond substituents is 1. The first kappa shape index (κ1) is 69.0. The van der Waals surface area contributed by atoms with Crippen LogP contribution >= 0.6 is 34.9 Å². The third-order valence-electron chi connectivity index (χ3n) is 17.0. The lowest BCUT2D eigenvalue weighted by molar-refractivity contribution is -0.143. The van der Waals surface area contributed by atoms with E-state index < -0.39 is 107 Å². The molecule has 22 nitrogen and oxygen atoms in total. The summed E-state index contributed by atoms with van der Waals surface area (Å²) in [6.45, 7) is 2.04. The number of Topliss-reactive ketones (excluding diaryl/α,β-unsaturated/α-hetero) is 1. The van der Waals surface area contributed by atoms with E-state index in [0.717, 1.165) is 26.8 Å². The average molecular weight is 1330 g/mol. The van der Waals surface area contributed by atoms with Crippen LogP contribution < -0.4 is 43.4 Å². The molecule has 6 aromatic rings. The van der Waals surface area contributed by atoms with Crippen LogP contribution in [0.15, 0.2) is 103 Å². The molecule has 9 amide bonds. The van der Waals surface area contributed by atoms with E-state index >= 15 is 9.59 Å². The number of aromatic nitrogens is 1. The number of primary amides is 1. The maximum absolute atomic E-state index is 15.3. The molecule has 2 bridgehead atoms. The van der Waals surface area contributed by atoms with Crippen molar-refractivity contribution in [2.24, 2.45) is 11.5 Å². The summed E-state index contributed by atoms with van der Waals surface area (Å²) in [5, 5.41) is 30.2. The highest BCUT2D eigenvalue weighted by atomic mass is 32.2. The Morgan fingerprint density at radius 1 is 0.634 bits per heavy atom. The van der Waals surface area contributed by atoms with Gasteiger partial charge in [0.25, 0.3) is 0 Å². The summed E-state index contributed by atoms with van der Waals surface area (Å²) in [6.07, 6.45) is 3.36. The molecule has 5 heterocycles. The zero-order chi connectivity index (χ0) is 66.1. The summed E-state index contributed by atoms with van der Waals surface area (Å²) in [6, 6.07) is 16.0. The Balaban J connectivity index is 0.999. The van der Waals surface area contributed by atoms with Gasteiger partial charge in [-0.2, -0.15) is 23.5 Å². The predicted octanol–water partition coefficient (Wildman–Crippen LogP) is 4.70. The van der Waals surface area contributed by atoms with Crippen LogP contribution in [0.4, 0.5) is 4.39 Å². The number of phenols is 1. The number of nitrogens with two attached hydrogens (primary N) is 2. The molecule has 494 valence electrons. The van der Waals surface area contributed by atoms with Crippen molar-refractivity contribution >= 4 is 115 Å². The third-order valence-corrected chi connectivity index (χ3v) is 20.2. The van der Waals surface area contributed by atoms with Crippen molar-refractivity contribution in [1.29, 1.82) is 0 Å². The van der Waals surface area contributed by atoms with Crippen molar-refractivity contribution < 1.29 is 57.4 Å². The minimum Gasteiger partial charge on any atom is -0.508 e. The van der Waals surface area contributed by atoms with E-state index in [1.807, 2.05) is 53.9 Å². The second-order valence-electron chi connectivity index (χ2n) is 23.9. The third kappa shape index (κ3) is 18.7. The fourth-order valence-electron chi connectivity index (χ4n) is 12.0. The first-order valence-electron chi connectivity index (χ1n) is 31.5. The topological polar surface area (TPSA) is 337 Å². The van der Waals surface area contributed by atoms with Crippen LogP contribution in [-0.4, -0.2) is 158 Å². The number of benzene rings is 4. The van der Waals surface area contributed by atoms with Gasteiger partial charge in [-0.3, -0.25) is 47.9 Å². The zero-order valence-electron chi connectivity index (χ0n) is 51.8. The molecule has 0 saturated carbocycles. The lowest BCUT2D eigenvalue weighted by Gasteiger charge is -2.31. The number of hydrogen-bond acceptors (Lipinski definition) is 15. The number of ketones is 1. The number of carbonyl (C=O) groups excluding carboxylic acids is 10. The SMILES string of the molecule is C[C@@H]1NC(=O)[C@@H]2CCCN2C(=O)[C@H](Cc2csc3ccccc23)NC(=O)[C@H](Cc2c[nH]c3ccc(F)cc23)NC(=O)CCC(=O)[C@H](CCCCN)NC(=O)CCSCc2cccc(c2)CSC[C@@H](C(N)=O)NC(=O)[C@@H]2CCCN2C(=O)[C@H](Cc2ccc(O)cc2)NC1=O. The highest BCUT2D eigenvalue weighted by molar-refractivity contribution is 7.98. The molecule has 8 atom stereocenters. The standard InChI is InChI=1S/C67H80FN11O11S3/c1-39-62(85)75-52(30-40-16-19-46(80)20-17-40)66(89)79-27-8-14-56(79)65(88)77-54(61(70)84)38-92-36-42-10-6-9-41(29-42)35-91-28-24-60(83)73-50(12-4-5-25-69)57(81)22-23-59(82)74-51(31-43-34-71-49-21-18-45(68)33-48(43)49)63(86)76-53(32-44-37-93-58-15-3-2-11-47(44)58)67(90)78-26-7-13-55(78)64(87)72-39/h2-3,6,9-11,15-21,29,33-34,37,39,50-56,71,80H,4-5,7-8,12-14,22-28,30-32,35-36,38,69H2,1H3,(H2,70,84)(H,72,87)(H,73,83)(H,74,82)(H,75,85)(H,76,86)(H,77,88)/t39-,50-,51-,52-,53-,54-,55-,56-/m0/s1. The Hall–Kier alpha value is -8.33.